The predicted octanol–water partition coefficient (Wildman–Crippen LogP) is 4.18. The Morgan fingerprint density at radius 1 is 1.22 bits per heavy atom. The Kier molecular flexibility index (Phi) is 5.64. The highest BCUT2D eigenvalue weighted by Gasteiger charge is 2.17. The fourth-order valence-corrected chi connectivity index (χ4v) is 3.06. The van der Waals surface area contributed by atoms with Crippen LogP contribution >= 0.6 is 0 Å². The Morgan fingerprint density at radius 3 is 2.67 bits per heavy atom. The Labute approximate surface area is 159 Å². The molecule has 0 fully saturated rings. The number of hydrogen-bond acceptors (Lipinski definition) is 4. The van der Waals surface area contributed by atoms with Gasteiger partial charge in [0.15, 0.2) is 5.76 Å². The molecule has 0 aliphatic rings. The van der Waals surface area contributed by atoms with E-state index in [9.17, 15) is 4.79 Å². The first-order chi connectivity index (χ1) is 13.0. The van der Waals surface area contributed by atoms with Crippen LogP contribution in [0.3, 0.4) is 0 Å². The van der Waals surface area contributed by atoms with E-state index in [2.05, 4.69) is 16.5 Å². The maximum atomic E-state index is 12.5. The van der Waals surface area contributed by atoms with Gasteiger partial charge >= 0.3 is 0 Å². The number of nitrogens with zero attached hydrogens (tertiary/aromatic N) is 2. The molecule has 1 aromatic carbocycles. The number of ether oxygens (including phenoxy) is 1. The quantitative estimate of drug-likeness (QED) is 0.680. The zero-order chi connectivity index (χ0) is 19.4. The van der Waals surface area contributed by atoms with Gasteiger partial charge < -0.3 is 14.5 Å². The van der Waals surface area contributed by atoms with Crippen molar-refractivity contribution in [3.05, 3.63) is 70.9 Å². The lowest BCUT2D eigenvalue weighted by atomic mass is 10.1. The summed E-state index contributed by atoms with van der Waals surface area (Å²) in [5.74, 6) is 1.40. The van der Waals surface area contributed by atoms with Gasteiger partial charge in [0.25, 0.3) is 5.91 Å². The first kappa shape index (κ1) is 18.8. The van der Waals surface area contributed by atoms with E-state index < -0.39 is 0 Å². The molecule has 0 aliphatic heterocycles. The molecule has 1 amide bonds. The Bertz CT molecular complexity index is 906. The van der Waals surface area contributed by atoms with Crippen LogP contribution in [0.4, 0.5) is 0 Å². The minimum atomic E-state index is -0.260. The summed E-state index contributed by atoms with van der Waals surface area (Å²) in [5.41, 5.74) is 3.24. The van der Waals surface area contributed by atoms with E-state index in [1.807, 2.05) is 50.6 Å². The molecule has 3 aromatic rings. The van der Waals surface area contributed by atoms with Gasteiger partial charge in [-0.1, -0.05) is 6.07 Å². The van der Waals surface area contributed by atoms with Crippen LogP contribution in [0.2, 0.25) is 0 Å². The number of rotatable bonds is 7. The number of nitrogens with one attached hydrogen (secondary N) is 1. The minimum absolute atomic E-state index is 0.167. The van der Waals surface area contributed by atoms with Crippen LogP contribution in [-0.2, 0) is 13.2 Å². The summed E-state index contributed by atoms with van der Waals surface area (Å²) < 4.78 is 13.3. The molecular formula is C21H25N3O3. The molecule has 142 valence electrons. The summed E-state index contributed by atoms with van der Waals surface area (Å²) in [6, 6.07) is 11.2. The first-order valence-corrected chi connectivity index (χ1v) is 9.08. The molecule has 0 bridgehead atoms. The second kappa shape index (κ2) is 8.12. The maximum absolute atomic E-state index is 12.5. The topological polar surface area (TPSA) is 69.3 Å². The third-order valence-corrected chi connectivity index (χ3v) is 4.30. The number of aryl methyl sites for hydroxylation is 3. The van der Waals surface area contributed by atoms with Crippen molar-refractivity contribution >= 4 is 5.91 Å². The molecule has 0 aliphatic carbocycles. The van der Waals surface area contributed by atoms with E-state index in [0.29, 0.717) is 5.76 Å². The van der Waals surface area contributed by atoms with Gasteiger partial charge in [0, 0.05) is 12.7 Å². The highest BCUT2D eigenvalue weighted by molar-refractivity contribution is 5.91. The van der Waals surface area contributed by atoms with E-state index in [1.54, 1.807) is 18.3 Å². The third-order valence-electron chi connectivity index (χ3n) is 4.30. The van der Waals surface area contributed by atoms with Crippen molar-refractivity contribution in [1.29, 1.82) is 0 Å². The van der Waals surface area contributed by atoms with Crippen molar-refractivity contribution in [3.63, 3.8) is 0 Å². The summed E-state index contributed by atoms with van der Waals surface area (Å²) in [7, 11) is 0. The van der Waals surface area contributed by atoms with Crippen molar-refractivity contribution in [2.24, 2.45) is 0 Å². The smallest absolute Gasteiger partial charge is 0.287 e. The van der Waals surface area contributed by atoms with Crippen LogP contribution in [0, 0.1) is 13.8 Å². The largest absolute Gasteiger partial charge is 0.486 e. The first-order valence-electron chi connectivity index (χ1n) is 9.08. The molecule has 2 aromatic heterocycles. The maximum Gasteiger partial charge on any atom is 0.287 e. The van der Waals surface area contributed by atoms with Gasteiger partial charge in [-0.25, -0.2) is 0 Å². The lowest BCUT2D eigenvalue weighted by molar-refractivity contribution is 0.0906. The number of carbonyl (C=O) groups excluding carboxylic acids is 1. The summed E-state index contributed by atoms with van der Waals surface area (Å²) in [6.07, 6.45) is 1.73. The van der Waals surface area contributed by atoms with E-state index in [1.165, 1.54) is 0 Å². The zero-order valence-electron chi connectivity index (χ0n) is 16.2. The van der Waals surface area contributed by atoms with Crippen LogP contribution in [0.15, 0.2) is 47.0 Å². The van der Waals surface area contributed by atoms with E-state index >= 15 is 0 Å². The van der Waals surface area contributed by atoms with Gasteiger partial charge in [-0.05, 0) is 69.2 Å². The number of hydrogen-bond donors (Lipinski definition) is 1. The molecular weight excluding hydrogens is 342 g/mol. The number of furan rings is 1. The highest BCUT2D eigenvalue weighted by atomic mass is 16.5. The molecule has 0 radical (unpaired) electrons. The standard InChI is InChI=1S/C21H25N3O3/c1-5-24-19(8-9-22-24)16(4)23-21(25)20-7-6-17(27-20)13-26-18-11-14(2)10-15(3)12-18/h6-12,16H,5,13H2,1-4H3,(H,23,25). The number of carbonyl (C=O) groups is 1. The van der Waals surface area contributed by atoms with E-state index in [-0.39, 0.29) is 24.3 Å². The molecule has 1 atom stereocenters. The predicted molar refractivity (Wildman–Crippen MR) is 103 cm³/mol. The van der Waals surface area contributed by atoms with Gasteiger partial charge in [-0.15, -0.1) is 0 Å². The van der Waals surface area contributed by atoms with Crippen LogP contribution in [0.25, 0.3) is 0 Å². The minimum Gasteiger partial charge on any atom is -0.486 e. The molecule has 2 heterocycles. The van der Waals surface area contributed by atoms with Crippen LogP contribution in [-0.4, -0.2) is 15.7 Å². The molecule has 1 N–H and O–H groups in total. The van der Waals surface area contributed by atoms with E-state index in [4.69, 9.17) is 9.15 Å². The zero-order valence-corrected chi connectivity index (χ0v) is 16.2. The van der Waals surface area contributed by atoms with Crippen molar-refractivity contribution in [2.75, 3.05) is 0 Å². The lowest BCUT2D eigenvalue weighted by Gasteiger charge is -2.14. The number of benzene rings is 1. The molecule has 0 spiro atoms. The second-order valence-corrected chi connectivity index (χ2v) is 6.65. The van der Waals surface area contributed by atoms with Gasteiger partial charge in [0.1, 0.15) is 18.1 Å². The molecule has 1 unspecified atom stereocenters. The molecule has 6 heteroatoms. The molecule has 0 saturated carbocycles. The summed E-state index contributed by atoms with van der Waals surface area (Å²) in [6.45, 7) is 9.02. The molecule has 27 heavy (non-hydrogen) atoms. The average molecular weight is 367 g/mol. The third kappa shape index (κ3) is 4.58. The van der Waals surface area contributed by atoms with Gasteiger partial charge in [-0.2, -0.15) is 5.10 Å². The molecule has 0 saturated heterocycles. The van der Waals surface area contributed by atoms with Gasteiger partial charge in [0.2, 0.25) is 0 Å². The second-order valence-electron chi connectivity index (χ2n) is 6.65. The average Bonchev–Trinajstić information content (AvgIpc) is 3.28. The fraction of sp³-hybridized carbons (Fsp3) is 0.333. The Hall–Kier alpha value is -3.02. The monoisotopic (exact) mass is 367 g/mol. The SMILES string of the molecule is CCn1nccc1C(C)NC(=O)c1ccc(COc2cc(C)cc(C)c2)o1. The van der Waals surface area contributed by atoms with Crippen molar-refractivity contribution in [3.8, 4) is 5.75 Å². The summed E-state index contributed by atoms with van der Waals surface area (Å²) >= 11 is 0. The van der Waals surface area contributed by atoms with Crippen molar-refractivity contribution in [2.45, 2.75) is 46.9 Å². The lowest BCUT2D eigenvalue weighted by Crippen LogP contribution is -2.28. The normalized spacial score (nSPS) is 12.0. The van der Waals surface area contributed by atoms with Crippen LogP contribution in [0.1, 0.15) is 53.0 Å². The van der Waals surface area contributed by atoms with Gasteiger partial charge in [-0.3, -0.25) is 9.48 Å². The number of amides is 1. The van der Waals surface area contributed by atoms with E-state index in [0.717, 1.165) is 29.1 Å². The fourth-order valence-electron chi connectivity index (χ4n) is 3.06. The highest BCUT2D eigenvalue weighted by Crippen LogP contribution is 2.19. The van der Waals surface area contributed by atoms with Crippen LogP contribution in [0.5, 0.6) is 5.75 Å². The summed E-state index contributed by atoms with van der Waals surface area (Å²) in [5, 5.41) is 7.17. The summed E-state index contributed by atoms with van der Waals surface area (Å²) in [4.78, 5) is 12.5. The Morgan fingerprint density at radius 2 is 1.96 bits per heavy atom. The van der Waals surface area contributed by atoms with Gasteiger partial charge in [0.05, 0.1) is 11.7 Å². The molecule has 3 rings (SSSR count). The molecule has 6 nitrogen and oxygen atoms in total. The number of aromatic nitrogens is 2. The van der Waals surface area contributed by atoms with Crippen molar-refractivity contribution < 1.29 is 13.9 Å². The Balaban J connectivity index is 1.60. The van der Waals surface area contributed by atoms with Crippen molar-refractivity contribution in [1.82, 2.24) is 15.1 Å². The van der Waals surface area contributed by atoms with Crippen LogP contribution < -0.4 is 10.1 Å².